The first-order valence-electron chi connectivity index (χ1n) is 7.54. The highest BCUT2D eigenvalue weighted by atomic mass is 79.9. The van der Waals surface area contributed by atoms with E-state index >= 15 is 0 Å². The molecule has 128 valence electrons. The van der Waals surface area contributed by atoms with Gasteiger partial charge in [0.1, 0.15) is 5.69 Å². The number of carbonyl (C=O) groups excluding carboxylic acids is 1. The van der Waals surface area contributed by atoms with Gasteiger partial charge >= 0.3 is 0 Å². The van der Waals surface area contributed by atoms with Crippen LogP contribution >= 0.6 is 15.9 Å². The summed E-state index contributed by atoms with van der Waals surface area (Å²) < 4.78 is 11.4. The number of fused-ring (bicyclic) bond motifs is 1. The van der Waals surface area contributed by atoms with Gasteiger partial charge in [0.15, 0.2) is 11.7 Å². The monoisotopic (exact) mass is 396 g/mol. The van der Waals surface area contributed by atoms with Crippen LogP contribution in [0.5, 0.6) is 0 Å². The van der Waals surface area contributed by atoms with Crippen LogP contribution in [-0.2, 0) is 9.47 Å². The molecule has 0 spiro atoms. The molecular weight excluding hydrogens is 380 g/mol. The number of aliphatic hydroxyl groups excluding tert-OH is 1. The van der Waals surface area contributed by atoms with Crippen molar-refractivity contribution >= 4 is 32.7 Å². The number of aromatic nitrogens is 1. The van der Waals surface area contributed by atoms with Crippen LogP contribution in [0.2, 0.25) is 0 Å². The summed E-state index contributed by atoms with van der Waals surface area (Å²) in [5.41, 5.74) is 0.457. The molecule has 2 aromatic rings. The number of hydrogen-bond donors (Lipinski definition) is 3. The Balaban J connectivity index is 1.77. The Labute approximate surface area is 146 Å². The van der Waals surface area contributed by atoms with Crippen LogP contribution in [-0.4, -0.2) is 48.2 Å². The van der Waals surface area contributed by atoms with Crippen molar-refractivity contribution in [2.24, 2.45) is 0 Å². The predicted octanol–water partition coefficient (Wildman–Crippen LogP) is 1.14. The number of hydrogen-bond acceptors (Lipinski definition) is 5. The maximum absolute atomic E-state index is 12.4. The summed E-state index contributed by atoms with van der Waals surface area (Å²) in [6, 6.07) is 5.93. The molecule has 1 aromatic carbocycles. The average Bonchev–Trinajstić information content (AvgIpc) is 3.07. The molecule has 1 unspecified atom stereocenters. The second-order valence-electron chi connectivity index (χ2n) is 5.50. The number of carbonyl (C=O) groups is 1. The van der Waals surface area contributed by atoms with Crippen molar-refractivity contribution in [3.05, 3.63) is 44.7 Å². The minimum absolute atomic E-state index is 0.140. The summed E-state index contributed by atoms with van der Waals surface area (Å²) in [7, 11) is 0. The molecule has 8 heteroatoms. The standard InChI is InChI=1S/C16H17BrN2O5/c17-9-1-2-12-11(5-9)14(21)7-13(19-12)16(22)18-10(8-20)6-15-23-3-4-24-15/h1-2,5,7,10,15,20H,3-4,6,8H2,(H,18,22)(H,19,21). The maximum atomic E-state index is 12.4. The molecule has 24 heavy (non-hydrogen) atoms. The van der Waals surface area contributed by atoms with E-state index in [1.807, 2.05) is 0 Å². The first-order chi connectivity index (χ1) is 11.6. The van der Waals surface area contributed by atoms with E-state index in [4.69, 9.17) is 9.47 Å². The van der Waals surface area contributed by atoms with E-state index in [0.29, 0.717) is 30.5 Å². The predicted molar refractivity (Wildman–Crippen MR) is 90.9 cm³/mol. The summed E-state index contributed by atoms with van der Waals surface area (Å²) in [4.78, 5) is 27.5. The van der Waals surface area contributed by atoms with Crippen LogP contribution in [0.25, 0.3) is 10.9 Å². The lowest BCUT2D eigenvalue weighted by Crippen LogP contribution is -2.40. The van der Waals surface area contributed by atoms with Gasteiger partial charge in [-0.1, -0.05) is 15.9 Å². The first kappa shape index (κ1) is 17.1. The Bertz CT molecular complexity index is 801. The number of nitrogens with one attached hydrogen (secondary N) is 2. The fraction of sp³-hybridized carbons (Fsp3) is 0.375. The van der Waals surface area contributed by atoms with Crippen molar-refractivity contribution in [3.63, 3.8) is 0 Å². The van der Waals surface area contributed by atoms with Crippen LogP contribution < -0.4 is 10.7 Å². The topological polar surface area (TPSA) is 101 Å². The van der Waals surface area contributed by atoms with Crippen molar-refractivity contribution in [3.8, 4) is 0 Å². The molecule has 1 aliphatic rings. The van der Waals surface area contributed by atoms with E-state index in [0.717, 1.165) is 4.47 Å². The highest BCUT2D eigenvalue weighted by Gasteiger charge is 2.23. The van der Waals surface area contributed by atoms with Gasteiger partial charge in [-0.3, -0.25) is 9.59 Å². The minimum atomic E-state index is -0.523. The van der Waals surface area contributed by atoms with Crippen LogP contribution in [0.4, 0.5) is 0 Å². The van der Waals surface area contributed by atoms with Crippen LogP contribution in [0.3, 0.4) is 0 Å². The van der Waals surface area contributed by atoms with E-state index in [1.165, 1.54) is 6.07 Å². The van der Waals surface area contributed by atoms with E-state index < -0.39 is 18.2 Å². The Hall–Kier alpha value is -1.74. The molecule has 2 heterocycles. The summed E-state index contributed by atoms with van der Waals surface area (Å²) in [5.74, 6) is -0.464. The van der Waals surface area contributed by atoms with Crippen molar-refractivity contribution in [2.75, 3.05) is 19.8 Å². The molecule has 1 amide bonds. The Morgan fingerprint density at radius 1 is 1.38 bits per heavy atom. The smallest absolute Gasteiger partial charge is 0.268 e. The van der Waals surface area contributed by atoms with Gasteiger partial charge in [-0.15, -0.1) is 0 Å². The Morgan fingerprint density at radius 3 is 2.83 bits per heavy atom. The molecule has 1 atom stereocenters. The highest BCUT2D eigenvalue weighted by Crippen LogP contribution is 2.16. The van der Waals surface area contributed by atoms with E-state index in [1.54, 1.807) is 18.2 Å². The van der Waals surface area contributed by atoms with Gasteiger partial charge in [-0.05, 0) is 18.2 Å². The number of aliphatic hydroxyl groups is 1. The summed E-state index contributed by atoms with van der Waals surface area (Å²) in [6.07, 6.45) is -0.0945. The molecule has 1 aliphatic heterocycles. The van der Waals surface area contributed by atoms with Crippen molar-refractivity contribution < 1.29 is 19.4 Å². The third-order valence-corrected chi connectivity index (χ3v) is 4.25. The number of rotatable bonds is 5. The number of benzene rings is 1. The normalized spacial score (nSPS) is 16.4. The van der Waals surface area contributed by atoms with E-state index in [9.17, 15) is 14.7 Å². The van der Waals surface area contributed by atoms with Crippen LogP contribution in [0.15, 0.2) is 33.5 Å². The Morgan fingerprint density at radius 2 is 2.12 bits per heavy atom. The molecule has 1 fully saturated rings. The average molecular weight is 397 g/mol. The van der Waals surface area contributed by atoms with Gasteiger partial charge in [0.05, 0.1) is 25.9 Å². The number of pyridine rings is 1. The summed E-state index contributed by atoms with van der Waals surface area (Å²) in [5, 5.41) is 12.6. The van der Waals surface area contributed by atoms with Gasteiger partial charge in [-0.25, -0.2) is 0 Å². The van der Waals surface area contributed by atoms with Crippen LogP contribution in [0.1, 0.15) is 16.9 Å². The lowest BCUT2D eigenvalue weighted by molar-refractivity contribution is -0.0552. The first-order valence-corrected chi connectivity index (χ1v) is 8.33. The lowest BCUT2D eigenvalue weighted by Gasteiger charge is -2.19. The zero-order valence-corrected chi connectivity index (χ0v) is 14.3. The number of amides is 1. The zero-order chi connectivity index (χ0) is 17.1. The molecular formula is C16H17BrN2O5. The Kier molecular flexibility index (Phi) is 5.30. The fourth-order valence-electron chi connectivity index (χ4n) is 2.56. The quantitative estimate of drug-likeness (QED) is 0.703. The van der Waals surface area contributed by atoms with Crippen LogP contribution in [0, 0.1) is 0 Å². The summed E-state index contributed by atoms with van der Waals surface area (Å²) >= 11 is 3.31. The van der Waals surface area contributed by atoms with E-state index in [2.05, 4.69) is 26.2 Å². The number of H-pyrrole nitrogens is 1. The maximum Gasteiger partial charge on any atom is 0.268 e. The van der Waals surface area contributed by atoms with Crippen molar-refractivity contribution in [2.45, 2.75) is 18.8 Å². The number of ether oxygens (including phenoxy) is 2. The van der Waals surface area contributed by atoms with E-state index in [-0.39, 0.29) is 17.7 Å². The minimum Gasteiger partial charge on any atom is -0.394 e. The lowest BCUT2D eigenvalue weighted by atomic mass is 10.1. The molecule has 1 saturated heterocycles. The molecule has 3 rings (SSSR count). The molecule has 7 nitrogen and oxygen atoms in total. The SMILES string of the molecule is O=C(NC(CO)CC1OCCO1)c1cc(=O)c2cc(Br)ccc2[nH]1. The largest absolute Gasteiger partial charge is 0.394 e. The third-order valence-electron chi connectivity index (χ3n) is 3.76. The molecule has 1 aromatic heterocycles. The van der Waals surface area contributed by atoms with Gasteiger partial charge in [0.2, 0.25) is 0 Å². The molecule has 0 saturated carbocycles. The van der Waals surface area contributed by atoms with Gasteiger partial charge in [0, 0.05) is 27.9 Å². The van der Waals surface area contributed by atoms with Gasteiger partial charge in [0.25, 0.3) is 5.91 Å². The number of halogens is 1. The number of aromatic amines is 1. The highest BCUT2D eigenvalue weighted by molar-refractivity contribution is 9.10. The van der Waals surface area contributed by atoms with Crippen molar-refractivity contribution in [1.29, 1.82) is 0 Å². The second-order valence-corrected chi connectivity index (χ2v) is 6.41. The van der Waals surface area contributed by atoms with Crippen molar-refractivity contribution in [1.82, 2.24) is 10.3 Å². The third kappa shape index (κ3) is 3.84. The fourth-order valence-corrected chi connectivity index (χ4v) is 2.92. The zero-order valence-electron chi connectivity index (χ0n) is 12.8. The molecule has 0 radical (unpaired) electrons. The second kappa shape index (κ2) is 7.43. The molecule has 0 bridgehead atoms. The summed E-state index contributed by atoms with van der Waals surface area (Å²) in [6.45, 7) is 0.758. The molecule has 3 N–H and O–H groups in total. The molecule has 0 aliphatic carbocycles. The van der Waals surface area contributed by atoms with Gasteiger partial charge in [-0.2, -0.15) is 0 Å². The van der Waals surface area contributed by atoms with Gasteiger partial charge < -0.3 is 24.9 Å².